The van der Waals surface area contributed by atoms with Crippen molar-refractivity contribution in [2.24, 2.45) is 11.8 Å². The van der Waals surface area contributed by atoms with E-state index in [9.17, 15) is 9.59 Å². The summed E-state index contributed by atoms with van der Waals surface area (Å²) in [5, 5.41) is 0.975. The monoisotopic (exact) mass is 604 g/mol. The van der Waals surface area contributed by atoms with Crippen molar-refractivity contribution in [1.82, 2.24) is 24.4 Å². The zero-order chi connectivity index (χ0) is 29.9. The number of fused-ring (bicyclic) bond motifs is 3. The third-order valence-corrected chi connectivity index (χ3v) is 9.55. The van der Waals surface area contributed by atoms with Crippen molar-refractivity contribution < 1.29 is 23.8 Å². The van der Waals surface area contributed by atoms with Gasteiger partial charge in [0.05, 0.1) is 13.4 Å². The number of amides is 1. The van der Waals surface area contributed by atoms with Gasteiger partial charge in [0.25, 0.3) is 0 Å². The van der Waals surface area contributed by atoms with Crippen molar-refractivity contribution in [2.45, 2.75) is 51.9 Å². The van der Waals surface area contributed by atoms with E-state index in [-0.39, 0.29) is 18.3 Å². The average Bonchev–Trinajstić information content (AvgIpc) is 3.77. The first-order valence-corrected chi connectivity index (χ1v) is 15.7. The summed E-state index contributed by atoms with van der Waals surface area (Å²) < 4.78 is 19.7. The molecule has 4 aromatic rings. The zero-order valence-electron chi connectivity index (χ0n) is 24.9. The maximum Gasteiger partial charge on any atom is 0.410 e. The number of anilines is 1. The lowest BCUT2D eigenvalue weighted by molar-refractivity contribution is -0.0298. The molecule has 12 heteroatoms. The molecule has 0 aliphatic carbocycles. The second kappa shape index (κ2) is 10.7. The van der Waals surface area contributed by atoms with Gasteiger partial charge in [0, 0.05) is 54.9 Å². The zero-order valence-corrected chi connectivity index (χ0v) is 25.7. The molecule has 3 unspecified atom stereocenters. The van der Waals surface area contributed by atoms with Crippen LogP contribution in [0.1, 0.15) is 55.9 Å². The van der Waals surface area contributed by atoms with Gasteiger partial charge in [0.1, 0.15) is 27.9 Å². The van der Waals surface area contributed by atoms with Crippen LogP contribution >= 0.6 is 11.3 Å². The van der Waals surface area contributed by atoms with Gasteiger partial charge in [0.2, 0.25) is 5.95 Å². The van der Waals surface area contributed by atoms with Crippen LogP contribution < -0.4 is 4.90 Å². The second-order valence-electron chi connectivity index (χ2n) is 12.7. The first kappa shape index (κ1) is 28.0. The van der Waals surface area contributed by atoms with Gasteiger partial charge in [-0.15, -0.1) is 11.3 Å². The van der Waals surface area contributed by atoms with Crippen LogP contribution in [0, 0.1) is 11.8 Å². The van der Waals surface area contributed by atoms with Gasteiger partial charge in [-0.05, 0) is 57.6 Å². The molecular weight excluding hydrogens is 568 g/mol. The van der Waals surface area contributed by atoms with Gasteiger partial charge in [-0.1, -0.05) is 12.1 Å². The summed E-state index contributed by atoms with van der Waals surface area (Å²) in [6, 6.07) is 7.95. The highest BCUT2D eigenvalue weighted by molar-refractivity contribution is 7.20. The first-order valence-electron chi connectivity index (χ1n) is 14.9. The highest BCUT2D eigenvalue weighted by Crippen LogP contribution is 2.38. The van der Waals surface area contributed by atoms with E-state index in [0.29, 0.717) is 35.8 Å². The minimum absolute atomic E-state index is 0.114. The van der Waals surface area contributed by atoms with E-state index in [4.69, 9.17) is 29.2 Å². The number of hydrogen-bond donors (Lipinski definition) is 0. The molecule has 3 aromatic heterocycles. The van der Waals surface area contributed by atoms with Crippen molar-refractivity contribution in [3.63, 3.8) is 0 Å². The Morgan fingerprint density at radius 3 is 2.53 bits per heavy atom. The van der Waals surface area contributed by atoms with Crippen LogP contribution in [0.2, 0.25) is 0 Å². The predicted molar refractivity (Wildman–Crippen MR) is 163 cm³/mol. The summed E-state index contributed by atoms with van der Waals surface area (Å²) in [6.45, 7) is 9.25. The Labute approximate surface area is 253 Å². The number of hydrogen-bond acceptors (Lipinski definition) is 10. The Hall–Kier alpha value is -3.77. The standard InChI is InChI=1S/C31H36N6O5S/c1-31(2,3)42-30(39)36-15-20-13-35(14-21(20)16-36)29-33-25(19-9-8-18-11-23(28(38)40-4)43-22(18)12-19)26-27(34-29)37(17-32-26)24-7-5-6-10-41-24/h8-9,11-12,17,20-21,24H,5-7,10,13-16H2,1-4H3. The van der Waals surface area contributed by atoms with Crippen LogP contribution in [0.3, 0.4) is 0 Å². The number of esters is 1. The van der Waals surface area contributed by atoms with Crippen molar-refractivity contribution >= 4 is 50.6 Å². The van der Waals surface area contributed by atoms with Gasteiger partial charge in [-0.25, -0.2) is 19.6 Å². The molecule has 0 bridgehead atoms. The molecule has 3 atom stereocenters. The van der Waals surface area contributed by atoms with Crippen LogP contribution in [0.15, 0.2) is 30.6 Å². The molecule has 1 amide bonds. The third-order valence-electron chi connectivity index (χ3n) is 8.48. The second-order valence-corrected chi connectivity index (χ2v) is 13.8. The van der Waals surface area contributed by atoms with E-state index in [1.54, 1.807) is 0 Å². The molecule has 3 aliphatic rings. The summed E-state index contributed by atoms with van der Waals surface area (Å²) in [5.74, 6) is 0.951. The third kappa shape index (κ3) is 5.31. The van der Waals surface area contributed by atoms with Gasteiger partial charge in [-0.2, -0.15) is 4.98 Å². The molecule has 0 N–H and O–H groups in total. The van der Waals surface area contributed by atoms with Crippen LogP contribution in [-0.4, -0.2) is 82.0 Å². The molecule has 3 aliphatic heterocycles. The number of aromatic nitrogens is 4. The number of methoxy groups -OCH3 is 1. The topological polar surface area (TPSA) is 112 Å². The number of imidazole rings is 1. The Kier molecular flexibility index (Phi) is 7.00. The minimum Gasteiger partial charge on any atom is -0.465 e. The molecule has 3 saturated heterocycles. The average molecular weight is 605 g/mol. The fraction of sp³-hybridized carbons (Fsp3) is 0.516. The molecule has 6 heterocycles. The van der Waals surface area contributed by atoms with E-state index in [2.05, 4.69) is 11.0 Å². The number of thiophene rings is 1. The summed E-state index contributed by atoms with van der Waals surface area (Å²) >= 11 is 1.40. The van der Waals surface area contributed by atoms with E-state index in [1.165, 1.54) is 18.4 Å². The van der Waals surface area contributed by atoms with Gasteiger partial charge >= 0.3 is 12.1 Å². The molecule has 226 valence electrons. The molecule has 0 saturated carbocycles. The highest BCUT2D eigenvalue weighted by atomic mass is 32.1. The summed E-state index contributed by atoms with van der Waals surface area (Å²) in [7, 11) is 1.39. The summed E-state index contributed by atoms with van der Waals surface area (Å²) in [6.07, 6.45) is 4.52. The summed E-state index contributed by atoms with van der Waals surface area (Å²) in [4.78, 5) is 44.5. The lowest BCUT2D eigenvalue weighted by atomic mass is 10.0. The number of carbonyl (C=O) groups excluding carboxylic acids is 2. The number of benzene rings is 1. The SMILES string of the molecule is COC(=O)c1cc2ccc(-c3nc(N4CC5CN(C(=O)OC(C)(C)C)CC5C4)nc4c3ncn4C3CCCCO3)cc2s1. The molecular formula is C31H36N6O5S. The van der Waals surface area contributed by atoms with E-state index in [0.717, 1.165) is 71.5 Å². The lowest BCUT2D eigenvalue weighted by Crippen LogP contribution is -2.37. The highest BCUT2D eigenvalue weighted by Gasteiger charge is 2.43. The lowest BCUT2D eigenvalue weighted by Gasteiger charge is -2.26. The van der Waals surface area contributed by atoms with Crippen molar-refractivity contribution in [3.05, 3.63) is 35.5 Å². The molecule has 0 spiro atoms. The van der Waals surface area contributed by atoms with Gasteiger partial charge in [-0.3, -0.25) is 4.57 Å². The Bertz CT molecular complexity index is 1690. The van der Waals surface area contributed by atoms with E-state index in [1.807, 2.05) is 54.8 Å². The molecule has 7 rings (SSSR count). The Morgan fingerprint density at radius 1 is 1.05 bits per heavy atom. The van der Waals surface area contributed by atoms with E-state index < -0.39 is 5.60 Å². The Morgan fingerprint density at radius 2 is 1.84 bits per heavy atom. The number of ether oxygens (including phenoxy) is 3. The molecule has 3 fully saturated rings. The summed E-state index contributed by atoms with van der Waals surface area (Å²) in [5.41, 5.74) is 2.61. The molecule has 11 nitrogen and oxygen atoms in total. The molecule has 0 radical (unpaired) electrons. The maximum absolute atomic E-state index is 12.7. The smallest absolute Gasteiger partial charge is 0.410 e. The van der Waals surface area contributed by atoms with E-state index >= 15 is 0 Å². The predicted octanol–water partition coefficient (Wildman–Crippen LogP) is 5.50. The Balaban J connectivity index is 1.23. The molecule has 1 aromatic carbocycles. The minimum atomic E-state index is -0.515. The quantitative estimate of drug-likeness (QED) is 0.279. The fourth-order valence-corrected chi connectivity index (χ4v) is 7.43. The van der Waals surface area contributed by atoms with Crippen molar-refractivity contribution in [1.29, 1.82) is 0 Å². The molecule has 43 heavy (non-hydrogen) atoms. The van der Waals surface area contributed by atoms with Crippen LogP contribution in [0.4, 0.5) is 10.7 Å². The van der Waals surface area contributed by atoms with Crippen molar-refractivity contribution in [2.75, 3.05) is 44.8 Å². The van der Waals surface area contributed by atoms with Gasteiger partial charge in [0.15, 0.2) is 5.65 Å². The maximum atomic E-state index is 12.7. The normalized spacial score (nSPS) is 22.4. The van der Waals surface area contributed by atoms with Crippen molar-refractivity contribution in [3.8, 4) is 11.3 Å². The first-order chi connectivity index (χ1) is 20.7. The number of carbonyl (C=O) groups is 2. The number of rotatable bonds is 4. The largest absolute Gasteiger partial charge is 0.465 e. The van der Waals surface area contributed by atoms with Crippen LogP contribution in [0.5, 0.6) is 0 Å². The number of likely N-dealkylation sites (tertiary alicyclic amines) is 1. The fourth-order valence-electron chi connectivity index (χ4n) is 6.41. The van der Waals surface area contributed by atoms with Gasteiger partial charge < -0.3 is 24.0 Å². The number of nitrogens with zero attached hydrogens (tertiary/aromatic N) is 6. The van der Waals surface area contributed by atoms with Crippen LogP contribution in [-0.2, 0) is 14.2 Å². The van der Waals surface area contributed by atoms with Crippen LogP contribution in [0.25, 0.3) is 32.5 Å².